The fourth-order valence-electron chi connectivity index (χ4n) is 3.48. The average molecular weight is 323 g/mol. The van der Waals surface area contributed by atoms with E-state index in [1.54, 1.807) is 0 Å². The number of likely N-dealkylation sites (tertiary alicyclic amines) is 1. The summed E-state index contributed by atoms with van der Waals surface area (Å²) in [7, 11) is 2.17. The molecule has 1 saturated carbocycles. The lowest BCUT2D eigenvalue weighted by atomic mass is 10.2. The summed E-state index contributed by atoms with van der Waals surface area (Å²) < 4.78 is 0. The first-order chi connectivity index (χ1) is 11.7. The molecule has 3 heterocycles. The Balaban J connectivity index is 1.41. The zero-order valence-corrected chi connectivity index (χ0v) is 14.5. The van der Waals surface area contributed by atoms with Crippen molar-refractivity contribution in [1.29, 1.82) is 0 Å². The molecule has 1 aliphatic heterocycles. The van der Waals surface area contributed by atoms with Gasteiger partial charge < -0.3 is 4.90 Å². The highest BCUT2D eigenvalue weighted by Gasteiger charge is 2.29. The highest BCUT2D eigenvalue weighted by Crippen LogP contribution is 2.38. The second-order valence-corrected chi connectivity index (χ2v) is 7.08. The van der Waals surface area contributed by atoms with E-state index in [1.807, 2.05) is 24.5 Å². The van der Waals surface area contributed by atoms with Gasteiger partial charge in [0.1, 0.15) is 11.6 Å². The molecule has 1 aliphatic carbocycles. The molecule has 0 amide bonds. The number of rotatable bonds is 5. The summed E-state index contributed by atoms with van der Waals surface area (Å²) in [4.78, 5) is 18.5. The zero-order valence-electron chi connectivity index (χ0n) is 14.5. The molecule has 0 aromatic carbocycles. The standard InChI is InChI=1S/C19H25N5/c1-14-16(4-3-9-20-14)12-24-11-8-17(13-24)23(2)18-7-10-21-19(22-18)15-5-6-15/h3-4,7,9-10,15,17H,5-6,8,11-13H2,1-2H3. The number of nitrogens with zero attached hydrogens (tertiary/aromatic N) is 5. The van der Waals surface area contributed by atoms with Gasteiger partial charge in [-0.05, 0) is 43.9 Å². The third-order valence-electron chi connectivity index (χ3n) is 5.27. The van der Waals surface area contributed by atoms with Crippen LogP contribution < -0.4 is 4.90 Å². The molecule has 126 valence electrons. The Labute approximate surface area is 143 Å². The third kappa shape index (κ3) is 3.26. The predicted molar refractivity (Wildman–Crippen MR) is 95.1 cm³/mol. The fraction of sp³-hybridized carbons (Fsp3) is 0.526. The quantitative estimate of drug-likeness (QED) is 0.846. The summed E-state index contributed by atoms with van der Waals surface area (Å²) in [5, 5.41) is 0. The summed E-state index contributed by atoms with van der Waals surface area (Å²) in [5.41, 5.74) is 2.47. The van der Waals surface area contributed by atoms with Gasteiger partial charge in [-0.15, -0.1) is 0 Å². The van der Waals surface area contributed by atoms with Crippen molar-refractivity contribution >= 4 is 5.82 Å². The van der Waals surface area contributed by atoms with Crippen LogP contribution in [0.4, 0.5) is 5.82 Å². The van der Waals surface area contributed by atoms with Crippen LogP contribution in [0, 0.1) is 6.92 Å². The summed E-state index contributed by atoms with van der Waals surface area (Å²) >= 11 is 0. The molecule has 2 aromatic rings. The highest BCUT2D eigenvalue weighted by atomic mass is 15.3. The molecule has 24 heavy (non-hydrogen) atoms. The van der Waals surface area contributed by atoms with Crippen LogP contribution in [0.3, 0.4) is 0 Å². The lowest BCUT2D eigenvalue weighted by Gasteiger charge is -2.26. The van der Waals surface area contributed by atoms with E-state index in [0.29, 0.717) is 12.0 Å². The van der Waals surface area contributed by atoms with E-state index in [-0.39, 0.29) is 0 Å². The van der Waals surface area contributed by atoms with Crippen LogP contribution in [0.2, 0.25) is 0 Å². The van der Waals surface area contributed by atoms with Gasteiger partial charge in [0.25, 0.3) is 0 Å². The monoisotopic (exact) mass is 323 g/mol. The van der Waals surface area contributed by atoms with Crippen LogP contribution in [0.5, 0.6) is 0 Å². The maximum atomic E-state index is 4.79. The van der Waals surface area contributed by atoms with Gasteiger partial charge in [0, 0.05) is 56.7 Å². The molecule has 5 nitrogen and oxygen atoms in total. The molecule has 1 atom stereocenters. The molecule has 1 unspecified atom stereocenters. The van der Waals surface area contributed by atoms with Crippen molar-refractivity contribution in [2.75, 3.05) is 25.0 Å². The van der Waals surface area contributed by atoms with Crippen molar-refractivity contribution in [3.63, 3.8) is 0 Å². The van der Waals surface area contributed by atoms with Crippen molar-refractivity contribution in [3.8, 4) is 0 Å². The summed E-state index contributed by atoms with van der Waals surface area (Å²) in [5.74, 6) is 2.70. The Morgan fingerprint density at radius 2 is 2.04 bits per heavy atom. The van der Waals surface area contributed by atoms with E-state index in [0.717, 1.165) is 37.0 Å². The molecular weight excluding hydrogens is 298 g/mol. The largest absolute Gasteiger partial charge is 0.355 e. The van der Waals surface area contributed by atoms with Crippen LogP contribution in [0.15, 0.2) is 30.6 Å². The molecule has 0 spiro atoms. The van der Waals surface area contributed by atoms with Crippen molar-refractivity contribution < 1.29 is 0 Å². The number of hydrogen-bond donors (Lipinski definition) is 0. The maximum absolute atomic E-state index is 4.79. The van der Waals surface area contributed by atoms with E-state index in [1.165, 1.54) is 24.8 Å². The molecular formula is C19H25N5. The SMILES string of the molecule is Cc1ncccc1CN1CCC(N(C)c2ccnc(C3CC3)n2)C1. The van der Waals surface area contributed by atoms with Gasteiger partial charge in [0.15, 0.2) is 0 Å². The number of pyridine rings is 1. The Morgan fingerprint density at radius 3 is 2.83 bits per heavy atom. The van der Waals surface area contributed by atoms with Gasteiger partial charge >= 0.3 is 0 Å². The maximum Gasteiger partial charge on any atom is 0.133 e. The summed E-state index contributed by atoms with van der Waals surface area (Å²) in [6, 6.07) is 6.78. The topological polar surface area (TPSA) is 45.2 Å². The minimum atomic E-state index is 0.518. The van der Waals surface area contributed by atoms with Crippen molar-refractivity contribution in [3.05, 3.63) is 47.7 Å². The molecule has 5 heteroatoms. The molecule has 1 saturated heterocycles. The van der Waals surface area contributed by atoms with Crippen LogP contribution >= 0.6 is 0 Å². The predicted octanol–water partition coefficient (Wildman–Crippen LogP) is 2.77. The minimum Gasteiger partial charge on any atom is -0.355 e. The van der Waals surface area contributed by atoms with Crippen molar-refractivity contribution in [1.82, 2.24) is 19.9 Å². The lowest BCUT2D eigenvalue weighted by molar-refractivity contribution is 0.324. The number of aryl methyl sites for hydroxylation is 1. The van der Waals surface area contributed by atoms with Gasteiger partial charge in [-0.2, -0.15) is 0 Å². The molecule has 2 aromatic heterocycles. The van der Waals surface area contributed by atoms with Gasteiger partial charge in [0.05, 0.1) is 0 Å². The smallest absolute Gasteiger partial charge is 0.133 e. The van der Waals surface area contributed by atoms with Crippen molar-refractivity contribution in [2.45, 2.75) is 44.7 Å². The molecule has 0 radical (unpaired) electrons. The lowest BCUT2D eigenvalue weighted by Crippen LogP contribution is -2.35. The molecule has 0 N–H and O–H groups in total. The molecule has 0 bridgehead atoms. The minimum absolute atomic E-state index is 0.518. The van der Waals surface area contributed by atoms with Crippen LogP contribution in [0.1, 0.15) is 42.3 Å². The highest BCUT2D eigenvalue weighted by molar-refractivity contribution is 5.39. The van der Waals surface area contributed by atoms with E-state index < -0.39 is 0 Å². The Morgan fingerprint density at radius 1 is 1.17 bits per heavy atom. The first-order valence-corrected chi connectivity index (χ1v) is 8.89. The third-order valence-corrected chi connectivity index (χ3v) is 5.27. The van der Waals surface area contributed by atoms with Gasteiger partial charge in [-0.25, -0.2) is 9.97 Å². The van der Waals surface area contributed by atoms with Crippen molar-refractivity contribution in [2.24, 2.45) is 0 Å². The van der Waals surface area contributed by atoms with Crippen LogP contribution in [0.25, 0.3) is 0 Å². The van der Waals surface area contributed by atoms with Gasteiger partial charge in [-0.1, -0.05) is 6.07 Å². The number of anilines is 1. The number of hydrogen-bond acceptors (Lipinski definition) is 5. The summed E-state index contributed by atoms with van der Waals surface area (Å²) in [6.45, 7) is 5.29. The molecule has 2 aliphatic rings. The second kappa shape index (κ2) is 6.48. The first kappa shape index (κ1) is 15.5. The number of aromatic nitrogens is 3. The Hall–Kier alpha value is -2.01. The van der Waals surface area contributed by atoms with Crippen LogP contribution in [-0.4, -0.2) is 46.0 Å². The average Bonchev–Trinajstić information content (AvgIpc) is 3.36. The van der Waals surface area contributed by atoms with Crippen LogP contribution in [-0.2, 0) is 6.54 Å². The molecule has 4 rings (SSSR count). The van der Waals surface area contributed by atoms with E-state index in [2.05, 4.69) is 39.8 Å². The fourth-order valence-corrected chi connectivity index (χ4v) is 3.48. The molecule has 2 fully saturated rings. The Kier molecular flexibility index (Phi) is 4.19. The Bertz CT molecular complexity index is 712. The first-order valence-electron chi connectivity index (χ1n) is 8.89. The van der Waals surface area contributed by atoms with E-state index in [9.17, 15) is 0 Å². The summed E-state index contributed by atoms with van der Waals surface area (Å²) in [6.07, 6.45) is 7.45. The van der Waals surface area contributed by atoms with Gasteiger partial charge in [0.2, 0.25) is 0 Å². The number of likely N-dealkylation sites (N-methyl/N-ethyl adjacent to an activating group) is 1. The zero-order chi connectivity index (χ0) is 16.5. The normalized spacial score (nSPS) is 21.2. The second-order valence-electron chi connectivity index (χ2n) is 7.08. The van der Waals surface area contributed by atoms with E-state index >= 15 is 0 Å². The van der Waals surface area contributed by atoms with Gasteiger partial charge in [-0.3, -0.25) is 9.88 Å². The van der Waals surface area contributed by atoms with E-state index in [4.69, 9.17) is 4.98 Å².